The zero-order valence-corrected chi connectivity index (χ0v) is 13.1. The van der Waals surface area contributed by atoms with Gasteiger partial charge in [0.15, 0.2) is 0 Å². The molecule has 2 nitrogen and oxygen atoms in total. The molecule has 0 fully saturated rings. The molecule has 0 spiro atoms. The first-order valence-electron chi connectivity index (χ1n) is 7.72. The first-order valence-corrected chi connectivity index (χ1v) is 7.72. The monoisotopic (exact) mass is 282 g/mol. The third-order valence-electron chi connectivity index (χ3n) is 3.66. The van der Waals surface area contributed by atoms with Crippen LogP contribution in [0.15, 0.2) is 60.7 Å². The highest BCUT2D eigenvalue weighted by Gasteiger charge is 2.11. The molecule has 0 aliphatic carbocycles. The lowest BCUT2D eigenvalue weighted by Gasteiger charge is -2.20. The Balaban J connectivity index is 1.97. The van der Waals surface area contributed by atoms with Crippen LogP contribution in [0.2, 0.25) is 0 Å². The van der Waals surface area contributed by atoms with Crippen molar-refractivity contribution >= 4 is 0 Å². The number of nitrogens with one attached hydrogen (secondary N) is 1. The molecule has 0 heterocycles. The van der Waals surface area contributed by atoms with Crippen LogP contribution in [0.5, 0.6) is 0 Å². The van der Waals surface area contributed by atoms with Gasteiger partial charge < -0.3 is 10.2 Å². The minimum absolute atomic E-state index is 0.385. The van der Waals surface area contributed by atoms with Crippen molar-refractivity contribution in [1.29, 1.82) is 0 Å². The van der Waals surface area contributed by atoms with E-state index in [9.17, 15) is 0 Å². The van der Waals surface area contributed by atoms with Gasteiger partial charge in [0.25, 0.3) is 0 Å². The van der Waals surface area contributed by atoms with Gasteiger partial charge in [-0.3, -0.25) is 0 Å². The van der Waals surface area contributed by atoms with E-state index in [1.165, 1.54) is 17.5 Å². The van der Waals surface area contributed by atoms with Gasteiger partial charge in [0.05, 0.1) is 0 Å². The Labute approximate surface area is 128 Å². The fourth-order valence-corrected chi connectivity index (χ4v) is 2.51. The van der Waals surface area contributed by atoms with Gasteiger partial charge in [-0.1, -0.05) is 60.7 Å². The van der Waals surface area contributed by atoms with Gasteiger partial charge >= 0.3 is 0 Å². The quantitative estimate of drug-likeness (QED) is 0.745. The minimum Gasteiger partial charge on any atom is -0.310 e. The molecule has 1 N–H and O–H groups in total. The molecular weight excluding hydrogens is 256 g/mol. The minimum atomic E-state index is 0.385. The predicted molar refractivity (Wildman–Crippen MR) is 90.5 cm³/mol. The molecule has 0 saturated heterocycles. The van der Waals surface area contributed by atoms with Gasteiger partial charge in [-0.05, 0) is 51.2 Å². The van der Waals surface area contributed by atoms with E-state index in [0.717, 1.165) is 19.5 Å². The molecule has 0 amide bonds. The Kier molecular flexibility index (Phi) is 6.45. The van der Waals surface area contributed by atoms with Crippen molar-refractivity contribution in [3.63, 3.8) is 0 Å². The Morgan fingerprint density at radius 2 is 1.52 bits per heavy atom. The third kappa shape index (κ3) is 5.70. The van der Waals surface area contributed by atoms with Crippen molar-refractivity contribution in [2.24, 2.45) is 0 Å². The summed E-state index contributed by atoms with van der Waals surface area (Å²) in [5.41, 5.74) is 2.75. The smallest absolute Gasteiger partial charge is 0.0360 e. The number of rotatable bonds is 8. The molecule has 0 saturated carbocycles. The summed E-state index contributed by atoms with van der Waals surface area (Å²) < 4.78 is 0. The second kappa shape index (κ2) is 8.60. The molecule has 1 unspecified atom stereocenters. The molecule has 0 radical (unpaired) electrons. The first-order chi connectivity index (χ1) is 10.3. The van der Waals surface area contributed by atoms with Gasteiger partial charge in [0.1, 0.15) is 0 Å². The van der Waals surface area contributed by atoms with E-state index in [2.05, 4.69) is 85.0 Å². The Bertz CT molecular complexity index is 493. The molecule has 112 valence electrons. The van der Waals surface area contributed by atoms with Gasteiger partial charge in [0.2, 0.25) is 0 Å². The van der Waals surface area contributed by atoms with Crippen LogP contribution in [-0.2, 0) is 6.42 Å². The normalized spacial score (nSPS) is 12.5. The maximum atomic E-state index is 3.71. The van der Waals surface area contributed by atoms with Crippen LogP contribution in [0.4, 0.5) is 0 Å². The van der Waals surface area contributed by atoms with Crippen LogP contribution in [0, 0.1) is 0 Å². The average molecular weight is 282 g/mol. The zero-order valence-electron chi connectivity index (χ0n) is 13.1. The Morgan fingerprint density at radius 3 is 2.14 bits per heavy atom. The van der Waals surface area contributed by atoms with Crippen LogP contribution in [-0.4, -0.2) is 32.1 Å². The molecule has 0 aromatic heterocycles. The predicted octanol–water partition coefficient (Wildman–Crippen LogP) is 3.51. The number of benzene rings is 2. The molecule has 2 heteroatoms. The second-order valence-electron chi connectivity index (χ2n) is 5.76. The zero-order chi connectivity index (χ0) is 14.9. The van der Waals surface area contributed by atoms with Gasteiger partial charge in [-0.15, -0.1) is 0 Å². The maximum absolute atomic E-state index is 3.71. The van der Waals surface area contributed by atoms with E-state index >= 15 is 0 Å². The van der Waals surface area contributed by atoms with Crippen molar-refractivity contribution in [3.8, 4) is 0 Å². The maximum Gasteiger partial charge on any atom is 0.0360 e. The summed E-state index contributed by atoms with van der Waals surface area (Å²) in [5.74, 6) is 0. The van der Waals surface area contributed by atoms with Crippen LogP contribution < -0.4 is 5.32 Å². The second-order valence-corrected chi connectivity index (χ2v) is 5.76. The SMILES string of the molecule is CN(C)CCCNC(Cc1ccccc1)c1ccccc1. The highest BCUT2D eigenvalue weighted by Crippen LogP contribution is 2.18. The molecule has 2 rings (SSSR count). The highest BCUT2D eigenvalue weighted by atomic mass is 15.1. The van der Waals surface area contributed by atoms with E-state index in [1.54, 1.807) is 0 Å². The lowest BCUT2D eigenvalue weighted by atomic mass is 9.99. The molecule has 21 heavy (non-hydrogen) atoms. The fraction of sp³-hybridized carbons (Fsp3) is 0.368. The molecule has 0 bridgehead atoms. The highest BCUT2D eigenvalue weighted by molar-refractivity contribution is 5.23. The largest absolute Gasteiger partial charge is 0.310 e. The topological polar surface area (TPSA) is 15.3 Å². The van der Waals surface area contributed by atoms with Crippen LogP contribution in [0.25, 0.3) is 0 Å². The van der Waals surface area contributed by atoms with Crippen LogP contribution in [0.1, 0.15) is 23.6 Å². The molecule has 1 atom stereocenters. The van der Waals surface area contributed by atoms with Crippen molar-refractivity contribution in [3.05, 3.63) is 71.8 Å². The lowest BCUT2D eigenvalue weighted by Crippen LogP contribution is -2.26. The number of hydrogen-bond donors (Lipinski definition) is 1. The molecular formula is C19H26N2. The summed E-state index contributed by atoms with van der Waals surface area (Å²) >= 11 is 0. The standard InChI is InChI=1S/C19H26N2/c1-21(2)15-9-14-20-19(18-12-7-4-8-13-18)16-17-10-5-3-6-11-17/h3-8,10-13,19-20H,9,14-16H2,1-2H3. The number of hydrogen-bond acceptors (Lipinski definition) is 2. The van der Waals surface area contributed by atoms with E-state index in [0.29, 0.717) is 6.04 Å². The van der Waals surface area contributed by atoms with E-state index in [4.69, 9.17) is 0 Å². The van der Waals surface area contributed by atoms with Crippen molar-refractivity contribution in [2.75, 3.05) is 27.2 Å². The van der Waals surface area contributed by atoms with E-state index in [-0.39, 0.29) is 0 Å². The van der Waals surface area contributed by atoms with E-state index < -0.39 is 0 Å². The fourth-order valence-electron chi connectivity index (χ4n) is 2.51. The van der Waals surface area contributed by atoms with Crippen molar-refractivity contribution < 1.29 is 0 Å². The number of nitrogens with zero attached hydrogens (tertiary/aromatic N) is 1. The third-order valence-corrected chi connectivity index (χ3v) is 3.66. The summed E-state index contributed by atoms with van der Waals surface area (Å²) in [7, 11) is 4.25. The van der Waals surface area contributed by atoms with Crippen LogP contribution in [0.3, 0.4) is 0 Å². The summed E-state index contributed by atoms with van der Waals surface area (Å²) in [4.78, 5) is 2.23. The molecule has 2 aromatic rings. The summed E-state index contributed by atoms with van der Waals surface area (Å²) in [6.45, 7) is 2.17. The molecule has 0 aliphatic heterocycles. The van der Waals surface area contributed by atoms with Gasteiger partial charge in [-0.2, -0.15) is 0 Å². The lowest BCUT2D eigenvalue weighted by molar-refractivity contribution is 0.386. The summed E-state index contributed by atoms with van der Waals surface area (Å²) in [5, 5.41) is 3.71. The van der Waals surface area contributed by atoms with E-state index in [1.807, 2.05) is 0 Å². The van der Waals surface area contributed by atoms with Gasteiger partial charge in [-0.25, -0.2) is 0 Å². The van der Waals surface area contributed by atoms with Gasteiger partial charge in [0, 0.05) is 6.04 Å². The average Bonchev–Trinajstić information content (AvgIpc) is 2.52. The van der Waals surface area contributed by atoms with Crippen molar-refractivity contribution in [1.82, 2.24) is 10.2 Å². The Morgan fingerprint density at radius 1 is 0.905 bits per heavy atom. The summed E-state index contributed by atoms with van der Waals surface area (Å²) in [6.07, 6.45) is 2.21. The molecule has 0 aliphatic rings. The Hall–Kier alpha value is -1.64. The summed E-state index contributed by atoms with van der Waals surface area (Å²) in [6, 6.07) is 21.8. The van der Waals surface area contributed by atoms with Crippen molar-refractivity contribution in [2.45, 2.75) is 18.9 Å². The molecule has 2 aromatic carbocycles. The first kappa shape index (κ1) is 15.7. The van der Waals surface area contributed by atoms with Crippen LogP contribution >= 0.6 is 0 Å².